The summed E-state index contributed by atoms with van der Waals surface area (Å²) in [5, 5.41) is 74.0. The number of nitrogens with one attached hydrogen (secondary N) is 16. The lowest BCUT2D eigenvalue weighted by Gasteiger charge is -2.05. The maximum Gasteiger partial charge on any atom is 0.440 e. The van der Waals surface area contributed by atoms with Crippen molar-refractivity contribution in [2.24, 2.45) is 0 Å². The van der Waals surface area contributed by atoms with Crippen LogP contribution in [0.4, 0.5) is 91.6 Å². The van der Waals surface area contributed by atoms with Gasteiger partial charge in [0.15, 0.2) is 22.1 Å². The first-order chi connectivity index (χ1) is 59.1. The van der Waals surface area contributed by atoms with E-state index in [2.05, 4.69) is 175 Å². The van der Waals surface area contributed by atoms with Gasteiger partial charge in [0, 0.05) is 215 Å². The molecule has 698 valence electrons. The van der Waals surface area contributed by atoms with Crippen LogP contribution in [0.25, 0.3) is 0 Å². The van der Waals surface area contributed by atoms with E-state index in [0.29, 0.717) is 50.5 Å². The minimum Gasteiger partial charge on any atom is -0.370 e. The van der Waals surface area contributed by atoms with Crippen molar-refractivity contribution in [1.82, 2.24) is 161 Å². The summed E-state index contributed by atoms with van der Waals surface area (Å²) >= 11 is 12.0. The lowest BCUT2D eigenvalue weighted by molar-refractivity contribution is -0.191. The number of hydrogen-bond acceptors (Lipinski definition) is 47. The Morgan fingerprint density at radius 1 is 0.492 bits per heavy atom. The van der Waals surface area contributed by atoms with Gasteiger partial charge in [-0.15, -0.1) is 35.7 Å². The van der Waals surface area contributed by atoms with Gasteiger partial charge in [0.1, 0.15) is 28.7 Å². The number of carbonyl (C=O) groups excluding carboxylic acids is 2. The Labute approximate surface area is 736 Å². The highest BCUT2D eigenvalue weighted by molar-refractivity contribution is 7.71. The minimum absolute atomic E-state index is 0.0244. The fourth-order valence-corrected chi connectivity index (χ4v) is 8.26. The molecule has 0 amide bonds. The average Bonchev–Trinajstić information content (AvgIpc) is 1.82. The van der Waals surface area contributed by atoms with Gasteiger partial charge in [0.05, 0.1) is 30.7 Å². The predicted molar refractivity (Wildman–Crippen MR) is 483 cm³/mol. The number of halogens is 1. The zero-order valence-corrected chi connectivity index (χ0v) is 78.2. The number of nitrogen functional groups attached to an aromatic ring is 1. The fraction of sp³-hybridized carbons (Fsp3) is 0.468. The number of anilines is 15. The summed E-state index contributed by atoms with van der Waals surface area (Å²) in [6.07, 6.45) is 6.58. The molecule has 0 atom stereocenters. The maximum atomic E-state index is 12.4. The molecular weight excluding hydrogens is 1740 g/mol. The van der Waals surface area contributed by atoms with E-state index >= 15 is 0 Å². The van der Waals surface area contributed by atoms with Crippen molar-refractivity contribution < 1.29 is 32.1 Å². The third kappa shape index (κ3) is 46.4. The Morgan fingerprint density at radius 3 is 1.26 bits per heavy atom. The van der Waals surface area contributed by atoms with Crippen molar-refractivity contribution in [2.75, 3.05) is 272 Å². The largest absolute Gasteiger partial charge is 0.440 e. The molecule has 0 saturated heterocycles. The van der Waals surface area contributed by atoms with E-state index < -0.39 is 11.7 Å². The van der Waals surface area contributed by atoms with Gasteiger partial charge in [-0.25, -0.2) is 40.1 Å². The molecule has 0 bridgehead atoms. The van der Waals surface area contributed by atoms with E-state index in [-0.39, 0.29) is 39.9 Å². The summed E-state index contributed by atoms with van der Waals surface area (Å²) < 4.78 is 40.1. The summed E-state index contributed by atoms with van der Waals surface area (Å²) in [6, 6.07) is 4.35. The van der Waals surface area contributed by atoms with Crippen molar-refractivity contribution in [3.63, 3.8) is 0 Å². The van der Waals surface area contributed by atoms with Gasteiger partial charge < -0.3 is 87.9 Å². The molecule has 14 aromatic rings. The van der Waals surface area contributed by atoms with Crippen LogP contribution in [0.5, 0.6) is 0 Å². The molecule has 0 unspecified atom stereocenters. The van der Waals surface area contributed by atoms with E-state index in [4.69, 9.17) is 44.3 Å². The highest BCUT2D eigenvalue weighted by Crippen LogP contribution is 2.12. The van der Waals surface area contributed by atoms with Crippen molar-refractivity contribution in [3.8, 4) is 0 Å². The molecule has 0 saturated carbocycles. The van der Waals surface area contributed by atoms with Crippen LogP contribution in [0.2, 0.25) is 0 Å². The monoisotopic (exact) mass is 1850 g/mol. The summed E-state index contributed by atoms with van der Waals surface area (Å²) in [5.74, 6) is 7.79. The van der Waals surface area contributed by atoms with Crippen LogP contribution in [-0.4, -0.2) is 365 Å². The molecule has 14 rings (SSSR count). The van der Waals surface area contributed by atoms with E-state index in [1.54, 1.807) is 123 Å². The van der Waals surface area contributed by atoms with Crippen LogP contribution >= 0.6 is 47.7 Å². The molecular formula is C62H112FN47O12S4. The first kappa shape index (κ1) is 111. The Balaban J connectivity index is 0.00000133. The molecule has 14 heterocycles. The van der Waals surface area contributed by atoms with Crippen molar-refractivity contribution >= 4 is 141 Å². The molecule has 0 spiro atoms. The van der Waals surface area contributed by atoms with Crippen LogP contribution in [0.1, 0.15) is 5.82 Å². The molecule has 126 heavy (non-hydrogen) atoms. The van der Waals surface area contributed by atoms with Crippen LogP contribution < -0.4 is 108 Å². The SMILES string of the molecule is CN(C)c1c[nH]oc1=O.CN(C)c1cc(=O)[nH]o1.CN(C)c1cc(=O)[nH]s1.CN(C)c1cc(=O)o[nH]1.CN(C)c1cn[nH]n1.CN(C)c1cn[nH]n1.CN(C)c1n[nH][nH]c1=S.CN(C)c1n[nH]c(N)n1.CN(C)c1n[nH]nc1F.CN(C)c1nc(=S)[nH][nH]1.CN(C)c1ncn[nH]1.CN(C)c1noc(=O)[nH]1.CN(C)c1ns[nH]c1=O.Cc1nc(N(C)C)n[nH]1.O=C=O. The molecule has 0 fully saturated rings. The second-order valence-corrected chi connectivity index (χ2v) is 28.5. The van der Waals surface area contributed by atoms with Gasteiger partial charge in [0.2, 0.25) is 58.0 Å². The molecule has 0 aliphatic heterocycles. The molecule has 14 aromatic heterocycles. The quantitative estimate of drug-likeness (QED) is 0.0620. The summed E-state index contributed by atoms with van der Waals surface area (Å²) in [4.78, 5) is 122. The summed E-state index contributed by atoms with van der Waals surface area (Å²) in [6.45, 7) is 1.88. The smallest absolute Gasteiger partial charge is 0.370 e. The number of H-pyrrole nitrogens is 16. The number of aryl methyl sites for hydroxylation is 1. The average molecular weight is 1860 g/mol. The van der Waals surface area contributed by atoms with E-state index in [1.807, 2.05) is 168 Å². The highest BCUT2D eigenvalue weighted by Gasteiger charge is 2.09. The lowest BCUT2D eigenvalue weighted by Crippen LogP contribution is -2.17. The third-order valence-corrected chi connectivity index (χ3v) is 14.9. The topological polar surface area (TPSA) is 719 Å². The van der Waals surface area contributed by atoms with E-state index in [9.17, 15) is 33.2 Å². The number of rotatable bonds is 14. The van der Waals surface area contributed by atoms with Crippen LogP contribution in [-0.2, 0) is 9.59 Å². The predicted octanol–water partition coefficient (Wildman–Crippen LogP) is -0.333. The zero-order valence-electron chi connectivity index (χ0n) is 74.9. The van der Waals surface area contributed by atoms with E-state index in [0.717, 1.165) is 57.9 Å². The Hall–Kier alpha value is -15.4. The van der Waals surface area contributed by atoms with Gasteiger partial charge >= 0.3 is 28.7 Å². The Bertz CT molecular complexity index is 5000. The van der Waals surface area contributed by atoms with Gasteiger partial charge in [0.25, 0.3) is 17.1 Å². The molecule has 59 nitrogen and oxygen atoms in total. The van der Waals surface area contributed by atoms with Crippen molar-refractivity contribution in [3.05, 3.63) is 127 Å². The Kier molecular flexibility index (Phi) is 52.1. The summed E-state index contributed by atoms with van der Waals surface area (Å²) in [5.41, 5.74) is 4.76. The molecule has 18 N–H and O–H groups in total. The van der Waals surface area contributed by atoms with Crippen LogP contribution in [0.3, 0.4) is 0 Å². The first-order valence-electron chi connectivity index (χ1n) is 35.3. The van der Waals surface area contributed by atoms with Crippen molar-refractivity contribution in [1.29, 1.82) is 0 Å². The molecule has 64 heteroatoms. The molecule has 0 radical (unpaired) electrons. The zero-order chi connectivity index (χ0) is 96.0. The molecule has 0 aliphatic rings. The minimum atomic E-state index is -0.569. The normalized spacial score (nSPS) is 9.35. The maximum absolute atomic E-state index is 12.4. The van der Waals surface area contributed by atoms with Crippen LogP contribution in [0.15, 0.2) is 90.0 Å². The second-order valence-electron chi connectivity index (χ2n) is 26.3. The van der Waals surface area contributed by atoms with Gasteiger partial charge in [-0.05, 0) is 35.8 Å². The van der Waals surface area contributed by atoms with E-state index in [1.165, 1.54) is 36.2 Å². The number of aromatic nitrogens is 32. The number of hydrogen-bond donors (Lipinski definition) is 17. The third-order valence-electron chi connectivity index (χ3n) is 12.9. The number of nitrogens with zero attached hydrogens (tertiary/aromatic N) is 30. The number of nitrogens with two attached hydrogens (primary N) is 1. The van der Waals surface area contributed by atoms with Gasteiger partial charge in [-0.2, -0.15) is 74.4 Å². The molecule has 0 aromatic carbocycles. The van der Waals surface area contributed by atoms with Crippen molar-refractivity contribution in [2.45, 2.75) is 6.92 Å². The highest BCUT2D eigenvalue weighted by atomic mass is 32.1. The van der Waals surface area contributed by atoms with Gasteiger partial charge in [-0.1, -0.05) is 12.2 Å². The summed E-state index contributed by atoms with van der Waals surface area (Å²) in [7, 11) is 51.6. The fourth-order valence-electron chi connectivity index (χ4n) is 6.68. The number of aromatic amines is 16. The first-order valence-corrected chi connectivity index (χ1v) is 37.7. The Morgan fingerprint density at radius 2 is 1.06 bits per heavy atom. The molecule has 0 aliphatic carbocycles. The lowest BCUT2D eigenvalue weighted by atomic mass is 10.5. The van der Waals surface area contributed by atoms with Crippen LogP contribution in [0, 0.1) is 22.3 Å². The second kappa shape index (κ2) is 59.4. The standard InChI is InChI=1S/C5H10N4.3C5H8N2O2.C5H8N2OS.C4H7FN4.C4H9N5.2C4H8N4S.3C4H8N4.C4H7N3O2.C4H7N3OS.CO2/c1-4-6-5(8-7-4)9(2)3;1-7(2)4-3-6-9-5(4)8;1-7(2)5-3-4(8)6-9-5;1-7(2)4-3-5(8)9-6-4;1-7(2)5-3-4(8)6-9-5;1-9(2)4-3(5)6-8-7-4;1-9(2)4-6-3(5)7-8-4;1-8(2)3-5-4(9)7-6-3;1-8(2)3-4(9)6-7-5-3;1-8(2)4-5-3-6-7-4;2*1-8(2)4-3-5-7-6-4;1-7(2)3-5-4(8)9-6-3;1-7(2)3-4(8)6-9-5-3;2-1-3/h1-3H3,(H,6,7,8);3,6H,1-2H3;3H,1-2H3,(H,6,8);3,6H,1-2H3;3H,1-2H3,(H,6,8);1-2H3,(H,6,7,8);1-2H3,(H3,5,6,7,8);2*1-2H3,(H2,5,6,7,9);3*3H,1-2H3,(H,5,6,7);1-2H3,(H,5,6,8);1-2H3,(H,6,8);. The van der Waals surface area contributed by atoms with Gasteiger partial charge in [-0.3, -0.25) is 53.0 Å².